The van der Waals surface area contributed by atoms with Crippen molar-refractivity contribution < 1.29 is 28.2 Å². The Labute approximate surface area is 160 Å². The molecule has 0 unspecified atom stereocenters. The van der Waals surface area contributed by atoms with Gasteiger partial charge in [0.05, 0.1) is 0 Å². The third-order valence-electron chi connectivity index (χ3n) is 4.30. The van der Waals surface area contributed by atoms with Gasteiger partial charge in [-0.1, -0.05) is 11.6 Å². The van der Waals surface area contributed by atoms with E-state index in [1.165, 1.54) is 0 Å². The topological polar surface area (TPSA) is 55.8 Å². The van der Waals surface area contributed by atoms with E-state index >= 15 is 0 Å². The summed E-state index contributed by atoms with van der Waals surface area (Å²) >= 11 is 6.16. The Morgan fingerprint density at radius 2 is 1.93 bits per heavy atom. The van der Waals surface area contributed by atoms with Crippen LogP contribution in [0.15, 0.2) is 24.3 Å². The molecule has 1 aliphatic rings. The molecule has 1 N–H and O–H groups in total. The van der Waals surface area contributed by atoms with E-state index in [1.807, 2.05) is 19.9 Å². The van der Waals surface area contributed by atoms with Crippen molar-refractivity contribution in [1.82, 2.24) is 0 Å². The maximum absolute atomic E-state index is 14.1. The highest BCUT2D eigenvalue weighted by atomic mass is 35.5. The van der Waals surface area contributed by atoms with Crippen LogP contribution in [0.3, 0.4) is 0 Å². The third-order valence-corrected chi connectivity index (χ3v) is 4.52. The van der Waals surface area contributed by atoms with Crippen LogP contribution in [-0.4, -0.2) is 16.7 Å². The fraction of sp³-hybridized carbons (Fsp3) is 0.350. The van der Waals surface area contributed by atoms with Crippen molar-refractivity contribution in [3.63, 3.8) is 0 Å². The Balaban J connectivity index is 1.78. The summed E-state index contributed by atoms with van der Waals surface area (Å²) < 4.78 is 39.7. The van der Waals surface area contributed by atoms with Crippen LogP contribution in [0.5, 0.6) is 11.5 Å². The predicted molar refractivity (Wildman–Crippen MR) is 96.5 cm³/mol. The van der Waals surface area contributed by atoms with Crippen LogP contribution in [0.25, 0.3) is 0 Å². The largest absolute Gasteiger partial charge is 0.489 e. The highest BCUT2D eigenvalue weighted by Crippen LogP contribution is 2.40. The van der Waals surface area contributed by atoms with Crippen molar-refractivity contribution >= 4 is 17.6 Å². The second-order valence-corrected chi connectivity index (χ2v) is 7.58. The maximum atomic E-state index is 14.1. The predicted octanol–water partition coefficient (Wildman–Crippen LogP) is 4.93. The van der Waals surface area contributed by atoms with Gasteiger partial charge in [-0.05, 0) is 38.0 Å². The molecule has 0 amide bonds. The number of rotatable bonds is 6. The van der Waals surface area contributed by atoms with Crippen molar-refractivity contribution in [2.75, 3.05) is 0 Å². The standard InChI is InChI=1S/C20H19ClF2O4/c1-20(2)9-11-5-13(21)6-12(19(11)27-20)10-26-14-7-16(22)15(17(23)8-14)3-4-18(24)25/h5-8H,3-4,9-10H2,1-2H3,(H,24,25). The quantitative estimate of drug-likeness (QED) is 0.752. The molecule has 27 heavy (non-hydrogen) atoms. The SMILES string of the molecule is CC1(C)Cc2cc(Cl)cc(COc3cc(F)c(CCC(=O)O)c(F)c3)c2O1. The lowest BCUT2D eigenvalue weighted by atomic mass is 10.0. The van der Waals surface area contributed by atoms with E-state index in [-0.39, 0.29) is 36.4 Å². The fourth-order valence-electron chi connectivity index (χ4n) is 3.15. The van der Waals surface area contributed by atoms with Gasteiger partial charge in [0, 0.05) is 41.1 Å². The van der Waals surface area contributed by atoms with Crippen LogP contribution in [0.1, 0.15) is 37.0 Å². The van der Waals surface area contributed by atoms with Crippen LogP contribution in [0.2, 0.25) is 5.02 Å². The van der Waals surface area contributed by atoms with Gasteiger partial charge >= 0.3 is 5.97 Å². The van der Waals surface area contributed by atoms with Crippen molar-refractivity contribution in [2.45, 2.75) is 45.3 Å². The first-order valence-corrected chi connectivity index (χ1v) is 8.85. The molecule has 0 fully saturated rings. The smallest absolute Gasteiger partial charge is 0.303 e. The number of carboxylic acid groups (broad SMARTS) is 1. The Hall–Kier alpha value is -2.34. The molecule has 0 bridgehead atoms. The highest BCUT2D eigenvalue weighted by molar-refractivity contribution is 6.30. The number of ether oxygens (including phenoxy) is 2. The number of carbonyl (C=O) groups is 1. The summed E-state index contributed by atoms with van der Waals surface area (Å²) in [4.78, 5) is 10.6. The van der Waals surface area contributed by atoms with Gasteiger partial charge in [0.1, 0.15) is 35.3 Å². The van der Waals surface area contributed by atoms with Crippen LogP contribution >= 0.6 is 11.6 Å². The fourth-order valence-corrected chi connectivity index (χ4v) is 3.41. The molecule has 4 nitrogen and oxygen atoms in total. The Morgan fingerprint density at radius 1 is 1.26 bits per heavy atom. The van der Waals surface area contributed by atoms with Crippen molar-refractivity contribution in [3.8, 4) is 11.5 Å². The zero-order chi connectivity index (χ0) is 19.8. The highest BCUT2D eigenvalue weighted by Gasteiger charge is 2.32. The van der Waals surface area contributed by atoms with Gasteiger partial charge in [-0.25, -0.2) is 8.78 Å². The molecule has 0 saturated carbocycles. The molecule has 7 heteroatoms. The molecule has 0 aromatic heterocycles. The molecule has 0 radical (unpaired) electrons. The first-order chi connectivity index (χ1) is 12.6. The minimum absolute atomic E-state index is 0.00931. The lowest BCUT2D eigenvalue weighted by Crippen LogP contribution is -2.25. The molecule has 0 spiro atoms. The van der Waals surface area contributed by atoms with Gasteiger partial charge in [-0.2, -0.15) is 0 Å². The molecule has 1 heterocycles. The Kier molecular flexibility index (Phi) is 5.29. The zero-order valence-electron chi connectivity index (χ0n) is 14.9. The number of carboxylic acids is 1. The van der Waals surface area contributed by atoms with E-state index in [4.69, 9.17) is 26.2 Å². The maximum Gasteiger partial charge on any atom is 0.303 e. The van der Waals surface area contributed by atoms with Gasteiger partial charge < -0.3 is 14.6 Å². The van der Waals surface area contributed by atoms with Crippen LogP contribution < -0.4 is 9.47 Å². The van der Waals surface area contributed by atoms with Crippen molar-refractivity contribution in [2.24, 2.45) is 0 Å². The molecule has 3 rings (SSSR count). The molecule has 0 aliphatic carbocycles. The van der Waals surface area contributed by atoms with Gasteiger partial charge in [0.25, 0.3) is 0 Å². The number of benzene rings is 2. The van der Waals surface area contributed by atoms with Crippen molar-refractivity contribution in [1.29, 1.82) is 0 Å². The molecule has 0 atom stereocenters. The monoisotopic (exact) mass is 396 g/mol. The van der Waals surface area contributed by atoms with Crippen LogP contribution in [-0.2, 0) is 24.2 Å². The van der Waals surface area contributed by atoms with E-state index in [0.29, 0.717) is 22.8 Å². The average molecular weight is 397 g/mol. The van der Waals surface area contributed by atoms with E-state index in [1.54, 1.807) is 6.07 Å². The summed E-state index contributed by atoms with van der Waals surface area (Å²) in [6.45, 7) is 3.96. The third kappa shape index (κ3) is 4.50. The number of aliphatic carboxylic acids is 1. The van der Waals surface area contributed by atoms with E-state index in [2.05, 4.69) is 0 Å². The molecule has 0 saturated heterocycles. The molecule has 2 aromatic rings. The summed E-state index contributed by atoms with van der Waals surface area (Å²) in [5, 5.41) is 9.20. The van der Waals surface area contributed by atoms with Gasteiger partial charge in [-0.15, -0.1) is 0 Å². The van der Waals surface area contributed by atoms with Gasteiger partial charge in [-0.3, -0.25) is 4.79 Å². The van der Waals surface area contributed by atoms with Crippen molar-refractivity contribution in [3.05, 3.63) is 57.6 Å². The molecule has 144 valence electrons. The Bertz CT molecular complexity index is 873. The van der Waals surface area contributed by atoms with E-state index < -0.39 is 17.6 Å². The van der Waals surface area contributed by atoms with Crippen LogP contribution in [0.4, 0.5) is 8.78 Å². The van der Waals surface area contributed by atoms with Gasteiger partial charge in [0.2, 0.25) is 0 Å². The minimum atomic E-state index is -1.12. The Morgan fingerprint density at radius 3 is 2.56 bits per heavy atom. The van der Waals surface area contributed by atoms with Crippen LogP contribution in [0, 0.1) is 11.6 Å². The molecule has 1 aliphatic heterocycles. The number of hydrogen-bond donors (Lipinski definition) is 1. The summed E-state index contributed by atoms with van der Waals surface area (Å²) in [6.07, 6.45) is 0.130. The van der Waals surface area contributed by atoms with E-state index in [9.17, 15) is 13.6 Å². The second kappa shape index (κ2) is 7.35. The van der Waals surface area contributed by atoms with E-state index in [0.717, 1.165) is 17.7 Å². The normalized spacial score (nSPS) is 14.6. The second-order valence-electron chi connectivity index (χ2n) is 7.14. The molecule has 2 aromatic carbocycles. The summed E-state index contributed by atoms with van der Waals surface area (Å²) in [6, 6.07) is 5.65. The minimum Gasteiger partial charge on any atom is -0.489 e. The summed E-state index contributed by atoms with van der Waals surface area (Å²) in [5.41, 5.74) is 1.04. The zero-order valence-corrected chi connectivity index (χ0v) is 15.7. The lowest BCUT2D eigenvalue weighted by Gasteiger charge is -2.18. The summed E-state index contributed by atoms with van der Waals surface area (Å²) in [5.74, 6) is -2.09. The number of fused-ring (bicyclic) bond motifs is 1. The first kappa shape index (κ1) is 19.4. The van der Waals surface area contributed by atoms with Gasteiger partial charge in [0.15, 0.2) is 0 Å². The molecular formula is C20H19ClF2O4. The average Bonchev–Trinajstić information content (AvgIpc) is 2.85. The number of hydrogen-bond acceptors (Lipinski definition) is 3. The number of halogens is 3. The first-order valence-electron chi connectivity index (χ1n) is 8.47. The lowest BCUT2D eigenvalue weighted by molar-refractivity contribution is -0.136. The molecular weight excluding hydrogens is 378 g/mol. The summed E-state index contributed by atoms with van der Waals surface area (Å²) in [7, 11) is 0.